The second kappa shape index (κ2) is 6.68. The second-order valence-corrected chi connectivity index (χ2v) is 4.57. The van der Waals surface area contributed by atoms with Crippen LogP contribution in [0.3, 0.4) is 0 Å². The summed E-state index contributed by atoms with van der Waals surface area (Å²) in [5, 5.41) is 15.0. The number of nitrogens with two attached hydrogens (primary N) is 1. The molecule has 2 aromatic rings. The number of hydrogen-bond acceptors (Lipinski definition) is 4. The topological polar surface area (TPSA) is 83.5 Å². The quantitative estimate of drug-likeness (QED) is 0.336. The molecule has 0 aliphatic heterocycles. The Morgan fingerprint density at radius 2 is 1.90 bits per heavy atom. The minimum absolute atomic E-state index is 0.120. The molecule has 5 heteroatoms. The third-order valence-corrected chi connectivity index (χ3v) is 3.18. The first-order chi connectivity index (χ1) is 9.70. The van der Waals surface area contributed by atoms with Crippen molar-refractivity contribution in [3.8, 4) is 0 Å². The molecule has 0 bridgehead atoms. The molecule has 0 saturated carbocycles. The van der Waals surface area contributed by atoms with Crippen molar-refractivity contribution in [1.29, 1.82) is 0 Å². The van der Waals surface area contributed by atoms with E-state index in [0.717, 1.165) is 12.1 Å². The van der Waals surface area contributed by atoms with E-state index in [2.05, 4.69) is 22.4 Å². The summed E-state index contributed by atoms with van der Waals surface area (Å²) in [6.45, 7) is 2.86. The van der Waals surface area contributed by atoms with Crippen LogP contribution in [0.5, 0.6) is 0 Å². The summed E-state index contributed by atoms with van der Waals surface area (Å²) in [5.74, 6) is 0.120. The van der Waals surface area contributed by atoms with Crippen LogP contribution < -0.4 is 11.1 Å². The largest absolute Gasteiger partial charge is 0.409 e. The highest BCUT2D eigenvalue weighted by molar-refractivity contribution is 5.96. The highest BCUT2D eigenvalue weighted by Crippen LogP contribution is 2.12. The van der Waals surface area contributed by atoms with Crippen LogP contribution in [0.4, 0.5) is 0 Å². The minimum atomic E-state index is 0.120. The summed E-state index contributed by atoms with van der Waals surface area (Å²) in [5.41, 5.74) is 8.57. The molecule has 2 rings (SSSR count). The molecule has 0 fully saturated rings. The van der Waals surface area contributed by atoms with Crippen molar-refractivity contribution in [3.63, 3.8) is 0 Å². The Labute approximate surface area is 118 Å². The van der Waals surface area contributed by atoms with Gasteiger partial charge in [0.1, 0.15) is 0 Å². The van der Waals surface area contributed by atoms with E-state index in [4.69, 9.17) is 10.9 Å². The van der Waals surface area contributed by atoms with Crippen LogP contribution in [0.2, 0.25) is 0 Å². The van der Waals surface area contributed by atoms with Crippen molar-refractivity contribution in [2.75, 3.05) is 0 Å². The maximum Gasteiger partial charge on any atom is 0.170 e. The normalized spacial score (nSPS) is 13.2. The number of benzene rings is 1. The molecular weight excluding hydrogens is 252 g/mol. The van der Waals surface area contributed by atoms with E-state index in [1.165, 1.54) is 5.56 Å². The summed E-state index contributed by atoms with van der Waals surface area (Å²) in [6, 6.07) is 11.8. The average Bonchev–Trinajstić information content (AvgIpc) is 2.53. The van der Waals surface area contributed by atoms with Gasteiger partial charge in [-0.25, -0.2) is 0 Å². The van der Waals surface area contributed by atoms with E-state index in [-0.39, 0.29) is 11.9 Å². The molecule has 4 N–H and O–H groups in total. The number of oxime groups is 1. The summed E-state index contributed by atoms with van der Waals surface area (Å²) >= 11 is 0. The third kappa shape index (κ3) is 3.55. The Bertz CT molecular complexity index is 566. The molecule has 0 amide bonds. The molecule has 0 saturated heterocycles. The zero-order valence-corrected chi connectivity index (χ0v) is 11.3. The predicted octanol–water partition coefficient (Wildman–Crippen LogP) is 2.03. The Kier molecular flexibility index (Phi) is 4.68. The van der Waals surface area contributed by atoms with Crippen LogP contribution in [0.1, 0.15) is 29.7 Å². The number of nitrogens with zero attached hydrogens (tertiary/aromatic N) is 2. The molecule has 0 aliphatic rings. The zero-order chi connectivity index (χ0) is 14.4. The molecule has 104 valence electrons. The number of rotatable bonds is 5. The molecule has 1 atom stereocenters. The number of aromatic nitrogens is 1. The predicted molar refractivity (Wildman–Crippen MR) is 78.4 cm³/mol. The molecule has 5 nitrogen and oxygen atoms in total. The standard InChI is InChI=1S/C15H18N4O/c1-11(13-6-8-17-9-7-13)18-10-12-2-4-14(5-3-12)15(16)19-20/h2-9,11,18,20H,10H2,1H3,(H2,16,19). The van der Waals surface area contributed by atoms with Crippen LogP contribution in [0.15, 0.2) is 53.9 Å². The highest BCUT2D eigenvalue weighted by Gasteiger charge is 2.04. The summed E-state index contributed by atoms with van der Waals surface area (Å²) in [4.78, 5) is 4.01. The SMILES string of the molecule is CC(NCc1ccc(C(N)=NO)cc1)c1ccncc1. The smallest absolute Gasteiger partial charge is 0.170 e. The molecule has 1 heterocycles. The lowest BCUT2D eigenvalue weighted by molar-refractivity contribution is 0.318. The van der Waals surface area contributed by atoms with Gasteiger partial charge in [0.25, 0.3) is 0 Å². The van der Waals surface area contributed by atoms with Gasteiger partial charge in [-0.1, -0.05) is 29.4 Å². The van der Waals surface area contributed by atoms with Crippen LogP contribution >= 0.6 is 0 Å². The lowest BCUT2D eigenvalue weighted by atomic mass is 10.1. The minimum Gasteiger partial charge on any atom is -0.409 e. The molecule has 0 spiro atoms. The summed E-state index contributed by atoms with van der Waals surface area (Å²) < 4.78 is 0. The van der Waals surface area contributed by atoms with E-state index in [0.29, 0.717) is 5.56 Å². The van der Waals surface area contributed by atoms with Gasteiger partial charge in [0.2, 0.25) is 0 Å². The Hall–Kier alpha value is -2.40. The number of pyridine rings is 1. The van der Waals surface area contributed by atoms with Gasteiger partial charge < -0.3 is 16.3 Å². The van der Waals surface area contributed by atoms with Crippen LogP contribution in [-0.4, -0.2) is 16.0 Å². The first-order valence-electron chi connectivity index (χ1n) is 6.41. The van der Waals surface area contributed by atoms with Gasteiger partial charge >= 0.3 is 0 Å². The Balaban J connectivity index is 1.94. The van der Waals surface area contributed by atoms with Crippen molar-refractivity contribution in [2.24, 2.45) is 10.9 Å². The van der Waals surface area contributed by atoms with Gasteiger partial charge in [-0.15, -0.1) is 0 Å². The van der Waals surface area contributed by atoms with Crippen molar-refractivity contribution in [1.82, 2.24) is 10.3 Å². The summed E-state index contributed by atoms with van der Waals surface area (Å²) in [6.07, 6.45) is 3.58. The monoisotopic (exact) mass is 270 g/mol. The molecule has 1 aromatic heterocycles. The Morgan fingerprint density at radius 3 is 2.50 bits per heavy atom. The number of nitrogens with one attached hydrogen (secondary N) is 1. The van der Waals surface area contributed by atoms with Gasteiger partial charge in [-0.2, -0.15) is 0 Å². The van der Waals surface area contributed by atoms with Gasteiger partial charge in [0.05, 0.1) is 0 Å². The van der Waals surface area contributed by atoms with Gasteiger partial charge in [0, 0.05) is 30.5 Å². The lowest BCUT2D eigenvalue weighted by Gasteiger charge is -2.14. The fraction of sp³-hybridized carbons (Fsp3) is 0.200. The third-order valence-electron chi connectivity index (χ3n) is 3.18. The molecule has 1 aromatic carbocycles. The second-order valence-electron chi connectivity index (χ2n) is 4.57. The van der Waals surface area contributed by atoms with E-state index in [1.54, 1.807) is 12.4 Å². The van der Waals surface area contributed by atoms with Crippen LogP contribution in [0, 0.1) is 0 Å². The van der Waals surface area contributed by atoms with Crippen molar-refractivity contribution in [2.45, 2.75) is 19.5 Å². The molecular formula is C15H18N4O. The summed E-state index contributed by atoms with van der Waals surface area (Å²) in [7, 11) is 0. The van der Waals surface area contributed by atoms with Crippen LogP contribution in [0.25, 0.3) is 0 Å². The first kappa shape index (κ1) is 14.0. The molecule has 0 aliphatic carbocycles. The van der Waals surface area contributed by atoms with Gasteiger partial charge in [-0.05, 0) is 30.2 Å². The van der Waals surface area contributed by atoms with Gasteiger partial charge in [-0.3, -0.25) is 4.98 Å². The van der Waals surface area contributed by atoms with Crippen molar-refractivity contribution >= 4 is 5.84 Å². The maximum absolute atomic E-state index is 8.61. The fourth-order valence-electron chi connectivity index (χ4n) is 1.89. The lowest BCUT2D eigenvalue weighted by Crippen LogP contribution is -2.18. The number of hydrogen-bond donors (Lipinski definition) is 3. The van der Waals surface area contributed by atoms with Crippen LogP contribution in [-0.2, 0) is 6.54 Å². The number of amidine groups is 1. The zero-order valence-electron chi connectivity index (χ0n) is 11.3. The van der Waals surface area contributed by atoms with Crippen molar-refractivity contribution in [3.05, 3.63) is 65.5 Å². The Morgan fingerprint density at radius 1 is 1.25 bits per heavy atom. The molecule has 0 radical (unpaired) electrons. The van der Waals surface area contributed by atoms with Crippen molar-refractivity contribution < 1.29 is 5.21 Å². The molecule has 20 heavy (non-hydrogen) atoms. The van der Waals surface area contributed by atoms with E-state index < -0.39 is 0 Å². The van der Waals surface area contributed by atoms with E-state index >= 15 is 0 Å². The first-order valence-corrected chi connectivity index (χ1v) is 6.41. The van der Waals surface area contributed by atoms with Gasteiger partial charge in [0.15, 0.2) is 5.84 Å². The highest BCUT2D eigenvalue weighted by atomic mass is 16.4. The van der Waals surface area contributed by atoms with E-state index in [1.807, 2.05) is 36.4 Å². The molecule has 1 unspecified atom stereocenters. The van der Waals surface area contributed by atoms with E-state index in [9.17, 15) is 0 Å². The maximum atomic E-state index is 8.61. The fourth-order valence-corrected chi connectivity index (χ4v) is 1.89. The average molecular weight is 270 g/mol.